The van der Waals surface area contributed by atoms with Crippen LogP contribution in [0.25, 0.3) is 0 Å². The molecule has 0 amide bonds. The summed E-state index contributed by atoms with van der Waals surface area (Å²) in [6.45, 7) is 8.96. The number of hydrogen-bond acceptors (Lipinski definition) is 2. The molecule has 0 aromatic heterocycles. The van der Waals surface area contributed by atoms with Gasteiger partial charge in [0.25, 0.3) is 0 Å². The molecule has 2 nitrogen and oxygen atoms in total. The van der Waals surface area contributed by atoms with E-state index in [-0.39, 0.29) is 0 Å². The lowest BCUT2D eigenvalue weighted by Crippen LogP contribution is -1.97. The molecule has 0 aromatic carbocycles. The Morgan fingerprint density at radius 3 is 2.60 bits per heavy atom. The van der Waals surface area contributed by atoms with Crippen LogP contribution in [0.4, 0.5) is 0 Å². The summed E-state index contributed by atoms with van der Waals surface area (Å²) in [7, 11) is 0. The van der Waals surface area contributed by atoms with Crippen LogP contribution in [0, 0.1) is 0 Å². The second-order valence-electron chi connectivity index (χ2n) is 1.75. The van der Waals surface area contributed by atoms with Crippen molar-refractivity contribution in [3.8, 4) is 0 Å². The molecule has 0 spiro atoms. The van der Waals surface area contributed by atoms with Crippen molar-refractivity contribution in [3.05, 3.63) is 25.5 Å². The van der Waals surface area contributed by atoms with Crippen LogP contribution in [0.3, 0.4) is 0 Å². The quantitative estimate of drug-likeness (QED) is 0.306. The molecule has 0 heterocycles. The minimum absolute atomic E-state index is 0.619. The van der Waals surface area contributed by atoms with E-state index in [1.54, 1.807) is 6.08 Å². The maximum absolute atomic E-state index is 5.10. The minimum Gasteiger partial charge on any atom is -0.502 e. The van der Waals surface area contributed by atoms with Crippen molar-refractivity contribution in [1.82, 2.24) is 0 Å². The summed E-state index contributed by atoms with van der Waals surface area (Å²) in [5, 5.41) is 0. The van der Waals surface area contributed by atoms with Gasteiger partial charge < -0.3 is 9.47 Å². The van der Waals surface area contributed by atoms with Crippen LogP contribution >= 0.6 is 0 Å². The standard InChI is InChI=1S/C8H14O2/c1-3-6-10-8-5-7-9-4-2/h3-4H,1-2,5-8H2. The summed E-state index contributed by atoms with van der Waals surface area (Å²) in [4.78, 5) is 0. The molecule has 0 atom stereocenters. The molecule has 0 saturated heterocycles. The predicted octanol–water partition coefficient (Wildman–Crippen LogP) is 1.74. The summed E-state index contributed by atoms with van der Waals surface area (Å²) in [6.07, 6.45) is 4.07. The van der Waals surface area contributed by atoms with Gasteiger partial charge in [0.15, 0.2) is 0 Å². The summed E-state index contributed by atoms with van der Waals surface area (Å²) in [5.41, 5.74) is 0. The minimum atomic E-state index is 0.619. The Bertz CT molecular complexity index is 77.3. The molecule has 0 fully saturated rings. The van der Waals surface area contributed by atoms with Gasteiger partial charge in [-0.25, -0.2) is 0 Å². The van der Waals surface area contributed by atoms with Crippen LogP contribution in [0.2, 0.25) is 0 Å². The number of ether oxygens (including phenoxy) is 2. The first kappa shape index (κ1) is 9.24. The SMILES string of the molecule is C=CCOCCCOC=C. The van der Waals surface area contributed by atoms with Gasteiger partial charge in [0.1, 0.15) is 0 Å². The molecule has 0 aliphatic heterocycles. The fourth-order valence-electron chi connectivity index (χ4n) is 0.494. The van der Waals surface area contributed by atoms with E-state index in [2.05, 4.69) is 13.2 Å². The lowest BCUT2D eigenvalue weighted by molar-refractivity contribution is 0.133. The van der Waals surface area contributed by atoms with Crippen LogP contribution in [0.15, 0.2) is 25.5 Å². The van der Waals surface area contributed by atoms with Gasteiger partial charge in [0.05, 0.1) is 26.1 Å². The average molecular weight is 142 g/mol. The van der Waals surface area contributed by atoms with E-state index in [1.165, 1.54) is 6.26 Å². The Balaban J connectivity index is 2.76. The Labute approximate surface area is 62.1 Å². The number of rotatable bonds is 7. The predicted molar refractivity (Wildman–Crippen MR) is 41.8 cm³/mol. The summed E-state index contributed by atoms with van der Waals surface area (Å²) >= 11 is 0. The van der Waals surface area contributed by atoms with Crippen molar-refractivity contribution in [1.29, 1.82) is 0 Å². The molecule has 0 aliphatic rings. The van der Waals surface area contributed by atoms with Gasteiger partial charge in [-0.3, -0.25) is 0 Å². The third-order valence-corrected chi connectivity index (χ3v) is 0.904. The Morgan fingerprint density at radius 1 is 1.20 bits per heavy atom. The molecule has 10 heavy (non-hydrogen) atoms. The Hall–Kier alpha value is -0.760. The van der Waals surface area contributed by atoms with Gasteiger partial charge in [-0.05, 0) is 0 Å². The summed E-state index contributed by atoms with van der Waals surface area (Å²) < 4.78 is 9.97. The van der Waals surface area contributed by atoms with Crippen LogP contribution in [-0.4, -0.2) is 19.8 Å². The molecule has 0 aliphatic carbocycles. The maximum atomic E-state index is 5.10. The average Bonchev–Trinajstić information content (AvgIpc) is 1.97. The molecule has 0 rings (SSSR count). The largest absolute Gasteiger partial charge is 0.502 e. The molecule has 0 bridgehead atoms. The third kappa shape index (κ3) is 7.24. The van der Waals surface area contributed by atoms with Crippen molar-refractivity contribution in [3.63, 3.8) is 0 Å². The van der Waals surface area contributed by atoms with E-state index in [1.807, 2.05) is 0 Å². The molecule has 0 saturated carbocycles. The highest BCUT2D eigenvalue weighted by atomic mass is 16.5. The van der Waals surface area contributed by atoms with Crippen molar-refractivity contribution in [2.75, 3.05) is 19.8 Å². The highest BCUT2D eigenvalue weighted by Crippen LogP contribution is 1.84. The molecule has 0 N–H and O–H groups in total. The Kier molecular flexibility index (Phi) is 7.61. The fraction of sp³-hybridized carbons (Fsp3) is 0.500. The van der Waals surface area contributed by atoms with Gasteiger partial charge in [-0.2, -0.15) is 0 Å². The van der Waals surface area contributed by atoms with Gasteiger partial charge in [0.2, 0.25) is 0 Å². The smallest absolute Gasteiger partial charge is 0.0895 e. The van der Waals surface area contributed by atoms with E-state index in [4.69, 9.17) is 9.47 Å². The summed E-state index contributed by atoms with van der Waals surface area (Å²) in [5.74, 6) is 0. The second-order valence-corrected chi connectivity index (χ2v) is 1.75. The zero-order chi connectivity index (χ0) is 7.66. The van der Waals surface area contributed by atoms with Gasteiger partial charge in [-0.1, -0.05) is 12.7 Å². The fourth-order valence-corrected chi connectivity index (χ4v) is 0.494. The van der Waals surface area contributed by atoms with Gasteiger partial charge in [-0.15, -0.1) is 6.58 Å². The van der Waals surface area contributed by atoms with Gasteiger partial charge >= 0.3 is 0 Å². The lowest BCUT2D eigenvalue weighted by atomic mass is 10.5. The monoisotopic (exact) mass is 142 g/mol. The zero-order valence-electron chi connectivity index (χ0n) is 6.21. The van der Waals surface area contributed by atoms with E-state index in [0.29, 0.717) is 13.2 Å². The number of hydrogen-bond donors (Lipinski definition) is 0. The van der Waals surface area contributed by atoms with E-state index < -0.39 is 0 Å². The maximum Gasteiger partial charge on any atom is 0.0895 e. The van der Waals surface area contributed by atoms with E-state index in [9.17, 15) is 0 Å². The van der Waals surface area contributed by atoms with Crippen molar-refractivity contribution >= 4 is 0 Å². The van der Waals surface area contributed by atoms with Crippen molar-refractivity contribution < 1.29 is 9.47 Å². The van der Waals surface area contributed by atoms with Crippen LogP contribution in [0.5, 0.6) is 0 Å². The topological polar surface area (TPSA) is 18.5 Å². The molecule has 0 unspecified atom stereocenters. The van der Waals surface area contributed by atoms with Crippen LogP contribution in [0.1, 0.15) is 6.42 Å². The second kappa shape index (κ2) is 8.24. The molecule has 2 heteroatoms. The molecular formula is C8H14O2. The van der Waals surface area contributed by atoms with Crippen LogP contribution in [-0.2, 0) is 9.47 Å². The highest BCUT2D eigenvalue weighted by molar-refractivity contribution is 4.63. The first-order valence-corrected chi connectivity index (χ1v) is 3.33. The molecular weight excluding hydrogens is 128 g/mol. The van der Waals surface area contributed by atoms with E-state index in [0.717, 1.165) is 13.0 Å². The lowest BCUT2D eigenvalue weighted by Gasteiger charge is -2.00. The molecule has 0 radical (unpaired) electrons. The van der Waals surface area contributed by atoms with Crippen molar-refractivity contribution in [2.45, 2.75) is 6.42 Å². The molecule has 0 aromatic rings. The van der Waals surface area contributed by atoms with E-state index >= 15 is 0 Å². The normalized spacial score (nSPS) is 8.80. The molecule has 58 valence electrons. The first-order valence-electron chi connectivity index (χ1n) is 3.33. The van der Waals surface area contributed by atoms with Gasteiger partial charge in [0, 0.05) is 6.42 Å². The first-order chi connectivity index (χ1) is 4.91. The zero-order valence-corrected chi connectivity index (χ0v) is 6.21. The highest BCUT2D eigenvalue weighted by Gasteiger charge is 1.84. The van der Waals surface area contributed by atoms with Crippen molar-refractivity contribution in [2.24, 2.45) is 0 Å². The van der Waals surface area contributed by atoms with Crippen LogP contribution < -0.4 is 0 Å². The Morgan fingerprint density at radius 2 is 2.00 bits per heavy atom. The summed E-state index contributed by atoms with van der Waals surface area (Å²) in [6, 6.07) is 0. The third-order valence-electron chi connectivity index (χ3n) is 0.904.